The number of amides is 1. The van der Waals surface area contributed by atoms with E-state index in [2.05, 4.69) is 0 Å². The van der Waals surface area contributed by atoms with Gasteiger partial charge in [0.1, 0.15) is 11.6 Å². The fraction of sp³-hybridized carbons (Fsp3) is 0.882. The Hall–Kier alpha value is -1.26. The van der Waals surface area contributed by atoms with Crippen molar-refractivity contribution < 1.29 is 19.4 Å². The highest BCUT2D eigenvalue weighted by atomic mass is 16.6. The van der Waals surface area contributed by atoms with Gasteiger partial charge in [0, 0.05) is 6.04 Å². The van der Waals surface area contributed by atoms with Gasteiger partial charge in [0.25, 0.3) is 0 Å². The first-order chi connectivity index (χ1) is 10.3. The summed E-state index contributed by atoms with van der Waals surface area (Å²) in [5.74, 6) is 0.451. The fourth-order valence-corrected chi connectivity index (χ4v) is 4.29. The number of piperidine rings is 2. The second-order valence-electron chi connectivity index (χ2n) is 8.25. The molecular formula is C17H27NO4. The minimum Gasteiger partial charge on any atom is -0.480 e. The average molecular weight is 309 g/mol. The van der Waals surface area contributed by atoms with Crippen LogP contribution in [0.3, 0.4) is 0 Å². The van der Waals surface area contributed by atoms with Gasteiger partial charge in [-0.2, -0.15) is 0 Å². The predicted molar refractivity (Wildman–Crippen MR) is 81.5 cm³/mol. The van der Waals surface area contributed by atoms with Crippen molar-refractivity contribution >= 4 is 12.1 Å². The van der Waals surface area contributed by atoms with Gasteiger partial charge in [-0.15, -0.1) is 0 Å². The number of rotatable bonds is 3. The van der Waals surface area contributed by atoms with Crippen LogP contribution in [0, 0.1) is 17.8 Å². The molecule has 0 aromatic carbocycles. The van der Waals surface area contributed by atoms with Gasteiger partial charge < -0.3 is 9.84 Å². The first-order valence-corrected chi connectivity index (χ1v) is 8.50. The van der Waals surface area contributed by atoms with Gasteiger partial charge in [0.15, 0.2) is 0 Å². The number of carbonyl (C=O) groups is 2. The summed E-state index contributed by atoms with van der Waals surface area (Å²) in [6, 6.07) is -0.661. The Kier molecular flexibility index (Phi) is 3.86. The molecule has 1 N–H and O–H groups in total. The Labute approximate surface area is 132 Å². The molecule has 0 radical (unpaired) electrons. The minimum atomic E-state index is -0.884. The van der Waals surface area contributed by atoms with Crippen LogP contribution in [0.4, 0.5) is 4.79 Å². The number of carboxylic acid groups (broad SMARTS) is 1. The average Bonchev–Trinajstić information content (AvgIpc) is 3.20. The van der Waals surface area contributed by atoms with Crippen molar-refractivity contribution in [3.63, 3.8) is 0 Å². The largest absolute Gasteiger partial charge is 0.480 e. The normalized spacial score (nSPS) is 34.6. The monoisotopic (exact) mass is 309 g/mol. The second-order valence-corrected chi connectivity index (χ2v) is 8.25. The molecule has 0 aromatic heterocycles. The van der Waals surface area contributed by atoms with Gasteiger partial charge in [0.2, 0.25) is 0 Å². The van der Waals surface area contributed by atoms with E-state index in [1.54, 1.807) is 4.90 Å². The molecule has 22 heavy (non-hydrogen) atoms. The number of hydrogen-bond donors (Lipinski definition) is 1. The Morgan fingerprint density at radius 3 is 2.41 bits per heavy atom. The van der Waals surface area contributed by atoms with E-state index in [0.717, 1.165) is 31.6 Å². The van der Waals surface area contributed by atoms with Gasteiger partial charge in [0.05, 0.1) is 0 Å². The third-order valence-corrected chi connectivity index (χ3v) is 5.28. The van der Waals surface area contributed by atoms with Gasteiger partial charge in [-0.3, -0.25) is 4.90 Å². The van der Waals surface area contributed by atoms with E-state index >= 15 is 0 Å². The van der Waals surface area contributed by atoms with Crippen molar-refractivity contribution in [1.29, 1.82) is 0 Å². The van der Waals surface area contributed by atoms with E-state index in [-0.39, 0.29) is 12.0 Å². The summed E-state index contributed by atoms with van der Waals surface area (Å²) in [6.07, 6.45) is 6.08. The minimum absolute atomic E-state index is 0.0431. The number of aliphatic carboxylic acids is 1. The highest BCUT2D eigenvalue weighted by Crippen LogP contribution is 2.48. The van der Waals surface area contributed by atoms with Crippen LogP contribution in [0.1, 0.15) is 59.3 Å². The second kappa shape index (κ2) is 5.43. The molecule has 2 aliphatic heterocycles. The third kappa shape index (κ3) is 3.08. The van der Waals surface area contributed by atoms with Crippen LogP contribution in [0.2, 0.25) is 0 Å². The molecule has 0 unspecified atom stereocenters. The van der Waals surface area contributed by atoms with Crippen LogP contribution in [0.5, 0.6) is 0 Å². The van der Waals surface area contributed by atoms with Crippen LogP contribution < -0.4 is 0 Å². The van der Waals surface area contributed by atoms with Gasteiger partial charge >= 0.3 is 12.1 Å². The molecule has 2 saturated heterocycles. The molecule has 0 aromatic rings. The van der Waals surface area contributed by atoms with E-state index in [0.29, 0.717) is 5.92 Å². The molecule has 1 amide bonds. The zero-order valence-electron chi connectivity index (χ0n) is 13.7. The first kappa shape index (κ1) is 15.6. The third-order valence-electron chi connectivity index (χ3n) is 5.28. The Morgan fingerprint density at radius 1 is 1.18 bits per heavy atom. The summed E-state index contributed by atoms with van der Waals surface area (Å²) in [5.41, 5.74) is -0.594. The van der Waals surface area contributed by atoms with E-state index < -0.39 is 23.7 Å². The molecule has 4 rings (SSSR count). The zero-order valence-corrected chi connectivity index (χ0v) is 13.7. The number of ether oxygens (including phenoxy) is 1. The topological polar surface area (TPSA) is 66.8 Å². The van der Waals surface area contributed by atoms with Crippen LogP contribution in [0.25, 0.3) is 0 Å². The molecule has 0 spiro atoms. The van der Waals surface area contributed by atoms with Crippen LogP contribution in [0.15, 0.2) is 0 Å². The molecule has 2 heterocycles. The van der Waals surface area contributed by atoms with Crippen LogP contribution >= 0.6 is 0 Å². The first-order valence-electron chi connectivity index (χ1n) is 8.50. The smallest absolute Gasteiger partial charge is 0.411 e. The fourth-order valence-electron chi connectivity index (χ4n) is 4.29. The summed E-state index contributed by atoms with van der Waals surface area (Å²) in [7, 11) is 0. The number of carbonyl (C=O) groups excluding carboxylic acids is 1. The molecule has 2 saturated carbocycles. The predicted octanol–water partition coefficient (Wildman–Crippen LogP) is 3.28. The van der Waals surface area contributed by atoms with Gasteiger partial charge in [-0.1, -0.05) is 12.8 Å². The Balaban J connectivity index is 1.81. The molecule has 4 fully saturated rings. The zero-order chi connectivity index (χ0) is 16.1. The Morgan fingerprint density at radius 2 is 1.86 bits per heavy atom. The highest BCUT2D eigenvalue weighted by molar-refractivity contribution is 5.81. The quantitative estimate of drug-likeness (QED) is 0.869. The van der Waals surface area contributed by atoms with Crippen molar-refractivity contribution in [3.8, 4) is 0 Å². The lowest BCUT2D eigenvalue weighted by Crippen LogP contribution is -2.64. The molecule has 5 nitrogen and oxygen atoms in total. The van der Waals surface area contributed by atoms with Crippen molar-refractivity contribution in [2.24, 2.45) is 17.8 Å². The summed E-state index contributed by atoms with van der Waals surface area (Å²) >= 11 is 0. The number of fused-ring (bicyclic) bond motifs is 3. The van der Waals surface area contributed by atoms with Crippen molar-refractivity contribution in [2.45, 2.75) is 77.0 Å². The molecule has 124 valence electrons. The Bertz CT molecular complexity index is 466. The number of carboxylic acids is 1. The molecular weight excluding hydrogens is 282 g/mol. The maximum atomic E-state index is 12.6. The molecule has 4 atom stereocenters. The summed E-state index contributed by atoms with van der Waals surface area (Å²) in [6.45, 7) is 5.47. The standard InChI is InChI=1S/C17H27NO4/c1-17(2,3)22-16(21)18-13-7-6-11(14(18)15(19)20)9-12(13)8-10-4-5-10/h10-14H,4-9H2,1-3H3,(H,19,20)/t11-,12-,13+,14+/m1/s1. The van der Waals surface area contributed by atoms with Crippen LogP contribution in [-0.2, 0) is 9.53 Å². The summed E-state index contributed by atoms with van der Waals surface area (Å²) < 4.78 is 5.50. The summed E-state index contributed by atoms with van der Waals surface area (Å²) in [5, 5.41) is 9.61. The lowest BCUT2D eigenvalue weighted by Gasteiger charge is -2.53. The van der Waals surface area contributed by atoms with E-state index in [4.69, 9.17) is 4.74 Å². The van der Waals surface area contributed by atoms with E-state index in [1.807, 2.05) is 20.8 Å². The lowest BCUT2D eigenvalue weighted by atomic mass is 9.67. The molecule has 4 aliphatic rings. The van der Waals surface area contributed by atoms with Crippen LogP contribution in [-0.4, -0.2) is 39.8 Å². The van der Waals surface area contributed by atoms with E-state index in [9.17, 15) is 14.7 Å². The number of hydrogen-bond acceptors (Lipinski definition) is 3. The van der Waals surface area contributed by atoms with Gasteiger partial charge in [-0.25, -0.2) is 9.59 Å². The maximum absolute atomic E-state index is 12.6. The lowest BCUT2D eigenvalue weighted by molar-refractivity contribution is -0.155. The van der Waals surface area contributed by atoms with Crippen molar-refractivity contribution in [3.05, 3.63) is 0 Å². The molecule has 5 heteroatoms. The van der Waals surface area contributed by atoms with Gasteiger partial charge in [-0.05, 0) is 64.2 Å². The number of nitrogens with zero attached hydrogens (tertiary/aromatic N) is 1. The molecule has 2 bridgehead atoms. The van der Waals surface area contributed by atoms with Crippen molar-refractivity contribution in [2.75, 3.05) is 0 Å². The SMILES string of the molecule is CC(C)(C)OC(=O)N1[C@H](C(=O)O)[C@@H]2CC[C@H]1[C@H](CC1CC1)C2. The van der Waals surface area contributed by atoms with E-state index in [1.165, 1.54) is 12.8 Å². The summed E-state index contributed by atoms with van der Waals surface area (Å²) in [4.78, 5) is 25.9. The maximum Gasteiger partial charge on any atom is 0.411 e. The highest BCUT2D eigenvalue weighted by Gasteiger charge is 2.53. The van der Waals surface area contributed by atoms with Crippen molar-refractivity contribution in [1.82, 2.24) is 4.90 Å². The molecule has 2 aliphatic carbocycles.